The summed E-state index contributed by atoms with van der Waals surface area (Å²) < 4.78 is 17.0. The summed E-state index contributed by atoms with van der Waals surface area (Å²) in [4.78, 5) is 22.9. The van der Waals surface area contributed by atoms with Gasteiger partial charge in [-0.05, 0) is 30.7 Å². The monoisotopic (exact) mass is 437 g/mol. The Balaban J connectivity index is 2.10. The molecular formula is C24H23NO7. The van der Waals surface area contributed by atoms with E-state index < -0.39 is 10.8 Å². The Kier molecular flexibility index (Phi) is 7.07. The zero-order valence-corrected chi connectivity index (χ0v) is 17.6. The minimum atomic E-state index is -1.09. The second kappa shape index (κ2) is 9.93. The highest BCUT2D eigenvalue weighted by Gasteiger charge is 2.35. The Morgan fingerprint density at radius 3 is 2.62 bits per heavy atom. The predicted molar refractivity (Wildman–Crippen MR) is 119 cm³/mol. The molecule has 8 heteroatoms. The van der Waals surface area contributed by atoms with Crippen LogP contribution in [0.1, 0.15) is 28.2 Å². The number of aliphatic hydroxyl groups is 1. The third kappa shape index (κ3) is 4.55. The average Bonchev–Trinajstić information content (AvgIpc) is 2.77. The Morgan fingerprint density at radius 1 is 1.22 bits per heavy atom. The molecule has 0 saturated carbocycles. The third-order valence-electron chi connectivity index (χ3n) is 4.81. The van der Waals surface area contributed by atoms with Gasteiger partial charge in [-0.1, -0.05) is 24.8 Å². The molecule has 0 bridgehead atoms. The molecule has 1 atom stereocenters. The van der Waals surface area contributed by atoms with Crippen LogP contribution < -0.4 is 9.47 Å². The van der Waals surface area contributed by atoms with Gasteiger partial charge in [0, 0.05) is 22.8 Å². The van der Waals surface area contributed by atoms with Gasteiger partial charge in [0.15, 0.2) is 11.5 Å². The summed E-state index contributed by atoms with van der Waals surface area (Å²) in [6.07, 6.45) is 3.75. The standard InChI is InChI=1S/C24H23NO7/c1-4-8-30-14-17-12-16(6-7-21(17)31-9-5-2)23-22(27)19(13-26)18-10-15(3)11-20(25(28)29)24(18)32-23/h4-7,10-13,19,27H,1-2,8-9,14H2,3H3. The van der Waals surface area contributed by atoms with Crippen molar-refractivity contribution in [1.82, 2.24) is 0 Å². The zero-order valence-electron chi connectivity index (χ0n) is 17.6. The van der Waals surface area contributed by atoms with Gasteiger partial charge in [-0.2, -0.15) is 0 Å². The first-order valence-corrected chi connectivity index (χ1v) is 9.82. The van der Waals surface area contributed by atoms with Gasteiger partial charge in [0.25, 0.3) is 0 Å². The van der Waals surface area contributed by atoms with Crippen LogP contribution in [0.15, 0.2) is 61.4 Å². The van der Waals surface area contributed by atoms with Crippen molar-refractivity contribution in [3.8, 4) is 11.5 Å². The van der Waals surface area contributed by atoms with Gasteiger partial charge >= 0.3 is 5.69 Å². The lowest BCUT2D eigenvalue weighted by atomic mass is 9.91. The number of aryl methyl sites for hydroxylation is 1. The Bertz CT molecular complexity index is 1100. The number of benzene rings is 2. The van der Waals surface area contributed by atoms with Gasteiger partial charge in [0.1, 0.15) is 24.6 Å². The molecule has 3 rings (SSSR count). The molecule has 166 valence electrons. The average molecular weight is 437 g/mol. The normalized spacial score (nSPS) is 14.8. The maximum Gasteiger partial charge on any atom is 0.312 e. The van der Waals surface area contributed by atoms with Crippen LogP contribution in [0.25, 0.3) is 5.76 Å². The van der Waals surface area contributed by atoms with E-state index >= 15 is 0 Å². The topological polar surface area (TPSA) is 108 Å². The van der Waals surface area contributed by atoms with E-state index in [4.69, 9.17) is 14.2 Å². The number of rotatable bonds is 10. The number of carbonyl (C=O) groups excluding carboxylic acids is 1. The minimum absolute atomic E-state index is 0.0400. The summed E-state index contributed by atoms with van der Waals surface area (Å²) in [6, 6.07) is 7.94. The smallest absolute Gasteiger partial charge is 0.312 e. The number of nitro groups is 1. The lowest BCUT2D eigenvalue weighted by Crippen LogP contribution is -2.17. The van der Waals surface area contributed by atoms with Crippen LogP contribution >= 0.6 is 0 Å². The van der Waals surface area contributed by atoms with Crippen molar-refractivity contribution in [2.75, 3.05) is 13.2 Å². The van der Waals surface area contributed by atoms with Crippen LogP contribution in [0.4, 0.5) is 5.69 Å². The summed E-state index contributed by atoms with van der Waals surface area (Å²) in [7, 11) is 0. The maximum absolute atomic E-state index is 11.8. The summed E-state index contributed by atoms with van der Waals surface area (Å²) in [5, 5.41) is 22.4. The van der Waals surface area contributed by atoms with Gasteiger partial charge in [0.2, 0.25) is 5.75 Å². The quantitative estimate of drug-likeness (QED) is 0.187. The van der Waals surface area contributed by atoms with Gasteiger partial charge in [-0.15, -0.1) is 6.58 Å². The molecule has 32 heavy (non-hydrogen) atoms. The lowest BCUT2D eigenvalue weighted by Gasteiger charge is -2.25. The van der Waals surface area contributed by atoms with Crippen LogP contribution in [0.2, 0.25) is 0 Å². The van der Waals surface area contributed by atoms with Crippen molar-refractivity contribution in [1.29, 1.82) is 0 Å². The van der Waals surface area contributed by atoms with Crippen molar-refractivity contribution in [2.45, 2.75) is 19.4 Å². The highest BCUT2D eigenvalue weighted by atomic mass is 16.6. The molecule has 1 heterocycles. The Morgan fingerprint density at radius 2 is 1.97 bits per heavy atom. The number of carbonyl (C=O) groups is 1. The Labute approximate surface area is 185 Å². The summed E-state index contributed by atoms with van der Waals surface area (Å²) >= 11 is 0. The molecule has 2 aromatic rings. The second-order valence-electron chi connectivity index (χ2n) is 7.12. The van der Waals surface area contributed by atoms with E-state index in [1.165, 1.54) is 6.07 Å². The van der Waals surface area contributed by atoms with Gasteiger partial charge in [0.05, 0.1) is 18.1 Å². The fourth-order valence-electron chi connectivity index (χ4n) is 3.42. The van der Waals surface area contributed by atoms with Crippen LogP contribution in [0, 0.1) is 17.0 Å². The van der Waals surface area contributed by atoms with Crippen LogP contribution in [-0.2, 0) is 16.1 Å². The van der Waals surface area contributed by atoms with E-state index in [1.807, 2.05) is 0 Å². The van der Waals surface area contributed by atoms with Crippen molar-refractivity contribution >= 4 is 17.7 Å². The molecule has 0 amide bonds. The van der Waals surface area contributed by atoms with Gasteiger partial charge in [-0.3, -0.25) is 10.1 Å². The van der Waals surface area contributed by atoms with Gasteiger partial charge < -0.3 is 24.1 Å². The van der Waals surface area contributed by atoms with Crippen molar-refractivity contribution < 1.29 is 29.0 Å². The van der Waals surface area contributed by atoms with E-state index in [1.54, 1.807) is 43.3 Å². The molecule has 1 unspecified atom stereocenters. The van der Waals surface area contributed by atoms with Crippen LogP contribution in [0.3, 0.4) is 0 Å². The van der Waals surface area contributed by atoms with E-state index in [9.17, 15) is 20.0 Å². The number of allylic oxidation sites excluding steroid dienone is 1. The number of nitrogens with zero attached hydrogens (tertiary/aromatic N) is 1. The molecular weight excluding hydrogens is 414 g/mol. The largest absolute Gasteiger partial charge is 0.507 e. The number of hydrogen-bond acceptors (Lipinski definition) is 7. The zero-order chi connectivity index (χ0) is 23.3. The van der Waals surface area contributed by atoms with Gasteiger partial charge in [-0.25, -0.2) is 0 Å². The summed E-state index contributed by atoms with van der Waals surface area (Å²) in [6.45, 7) is 9.71. The number of ether oxygens (including phenoxy) is 3. The highest BCUT2D eigenvalue weighted by molar-refractivity contribution is 5.81. The van der Waals surface area contributed by atoms with Crippen molar-refractivity contribution in [3.63, 3.8) is 0 Å². The first-order chi connectivity index (χ1) is 15.4. The predicted octanol–water partition coefficient (Wildman–Crippen LogP) is 4.77. The molecule has 8 nitrogen and oxygen atoms in total. The molecule has 2 aromatic carbocycles. The molecule has 0 spiro atoms. The summed E-state index contributed by atoms with van der Waals surface area (Å²) in [5.41, 5.74) is 1.61. The number of aliphatic hydroxyl groups excluding tert-OH is 1. The third-order valence-corrected chi connectivity index (χ3v) is 4.81. The molecule has 0 aromatic heterocycles. The second-order valence-corrected chi connectivity index (χ2v) is 7.12. The number of fused-ring (bicyclic) bond motifs is 1. The van der Waals surface area contributed by atoms with E-state index in [0.717, 1.165) is 0 Å². The maximum atomic E-state index is 11.8. The Hall–Kier alpha value is -3.91. The SMILES string of the molecule is C=CCOCc1cc(C2=C(O)C(C=O)c3cc(C)cc([N+](=O)[O-])c3O2)ccc1OCC=C. The van der Waals surface area contributed by atoms with Crippen LogP contribution in [0.5, 0.6) is 11.5 Å². The lowest BCUT2D eigenvalue weighted by molar-refractivity contribution is -0.385. The molecule has 1 aliphatic rings. The molecule has 1 N–H and O–H groups in total. The minimum Gasteiger partial charge on any atom is -0.507 e. The van der Waals surface area contributed by atoms with Crippen molar-refractivity contribution in [2.24, 2.45) is 0 Å². The molecule has 0 radical (unpaired) electrons. The molecule has 0 aliphatic carbocycles. The molecule has 0 fully saturated rings. The van der Waals surface area contributed by atoms with E-state index in [0.29, 0.717) is 35.3 Å². The number of aldehydes is 1. The fourth-order valence-corrected chi connectivity index (χ4v) is 3.42. The fraction of sp³-hybridized carbons (Fsp3) is 0.208. The van der Waals surface area contributed by atoms with E-state index in [2.05, 4.69) is 13.2 Å². The first-order valence-electron chi connectivity index (χ1n) is 9.82. The van der Waals surface area contributed by atoms with E-state index in [-0.39, 0.29) is 41.7 Å². The van der Waals surface area contributed by atoms with Crippen LogP contribution in [-0.4, -0.2) is 29.5 Å². The first kappa shape index (κ1) is 22.8. The summed E-state index contributed by atoms with van der Waals surface area (Å²) in [5.74, 6) is -0.985. The number of hydrogen-bond donors (Lipinski definition) is 1. The highest BCUT2D eigenvalue weighted by Crippen LogP contribution is 2.46. The molecule has 1 aliphatic heterocycles. The number of nitro benzene ring substituents is 1. The molecule has 0 saturated heterocycles. The van der Waals surface area contributed by atoms with Crippen molar-refractivity contribution in [3.05, 3.63) is 93.8 Å².